The first-order chi connectivity index (χ1) is 12.8. The zero-order chi connectivity index (χ0) is 18.2. The minimum Gasteiger partial charge on any atom is -0.348 e. The molecule has 5 heteroatoms. The molecule has 0 saturated heterocycles. The Bertz CT molecular complexity index is 708. The van der Waals surface area contributed by atoms with Crippen LogP contribution in [0.2, 0.25) is 0 Å². The fourth-order valence-electron chi connectivity index (χ4n) is 3.73. The second-order valence-corrected chi connectivity index (χ2v) is 7.01. The quantitative estimate of drug-likeness (QED) is 0.731. The predicted molar refractivity (Wildman–Crippen MR) is 113 cm³/mol. The lowest BCUT2D eigenvalue weighted by atomic mass is 9.88. The molecule has 1 amide bonds. The Balaban J connectivity index is 0.00000261. The van der Waals surface area contributed by atoms with Gasteiger partial charge in [-0.05, 0) is 42.4 Å². The van der Waals surface area contributed by atoms with Gasteiger partial charge in [-0.15, -0.1) is 12.4 Å². The standard InChI is InChI=1S/C22H29N3O.ClH/c23-14-16-25(15-13-18-7-2-1-3-8-18)17-22(26)24-21-12-6-10-19-9-4-5-11-20(19)21;/h1-5,7-9,11,21H,6,10,12-17,23H2,(H,24,26);1H. The predicted octanol–water partition coefficient (Wildman–Crippen LogP) is 3.11. The van der Waals surface area contributed by atoms with E-state index in [0.29, 0.717) is 13.1 Å². The van der Waals surface area contributed by atoms with Crippen molar-refractivity contribution in [1.29, 1.82) is 0 Å². The van der Waals surface area contributed by atoms with Gasteiger partial charge in [0.2, 0.25) is 5.91 Å². The number of nitrogens with two attached hydrogens (primary N) is 1. The fraction of sp³-hybridized carbons (Fsp3) is 0.409. The number of fused-ring (bicyclic) bond motifs is 1. The van der Waals surface area contributed by atoms with Crippen LogP contribution in [0.1, 0.15) is 35.6 Å². The van der Waals surface area contributed by atoms with Crippen molar-refractivity contribution in [2.24, 2.45) is 5.73 Å². The van der Waals surface area contributed by atoms with Crippen LogP contribution in [0.4, 0.5) is 0 Å². The molecule has 0 bridgehead atoms. The van der Waals surface area contributed by atoms with Gasteiger partial charge in [-0.1, -0.05) is 54.6 Å². The summed E-state index contributed by atoms with van der Waals surface area (Å²) in [6, 6.07) is 19.0. The van der Waals surface area contributed by atoms with E-state index < -0.39 is 0 Å². The summed E-state index contributed by atoms with van der Waals surface area (Å²) < 4.78 is 0. The van der Waals surface area contributed by atoms with Crippen LogP contribution >= 0.6 is 12.4 Å². The molecular weight excluding hydrogens is 358 g/mol. The lowest BCUT2D eigenvalue weighted by Crippen LogP contribution is -2.42. The number of rotatable bonds is 8. The lowest BCUT2D eigenvalue weighted by molar-refractivity contribution is -0.123. The zero-order valence-corrected chi connectivity index (χ0v) is 16.6. The number of nitrogens with one attached hydrogen (secondary N) is 1. The molecule has 0 radical (unpaired) electrons. The summed E-state index contributed by atoms with van der Waals surface area (Å²) >= 11 is 0. The average molecular weight is 388 g/mol. The fourth-order valence-corrected chi connectivity index (χ4v) is 3.73. The van der Waals surface area contributed by atoms with E-state index in [1.807, 2.05) is 6.07 Å². The summed E-state index contributed by atoms with van der Waals surface area (Å²) in [4.78, 5) is 14.8. The number of nitrogens with zero attached hydrogens (tertiary/aromatic N) is 1. The molecule has 2 aromatic rings. The first-order valence-corrected chi connectivity index (χ1v) is 9.60. The lowest BCUT2D eigenvalue weighted by Gasteiger charge is -2.28. The van der Waals surface area contributed by atoms with E-state index >= 15 is 0 Å². The van der Waals surface area contributed by atoms with Crippen molar-refractivity contribution in [2.45, 2.75) is 31.7 Å². The average Bonchev–Trinajstić information content (AvgIpc) is 2.67. The van der Waals surface area contributed by atoms with Crippen molar-refractivity contribution < 1.29 is 4.79 Å². The van der Waals surface area contributed by atoms with Crippen LogP contribution in [0.3, 0.4) is 0 Å². The van der Waals surface area contributed by atoms with Gasteiger partial charge >= 0.3 is 0 Å². The van der Waals surface area contributed by atoms with Crippen LogP contribution in [0.5, 0.6) is 0 Å². The van der Waals surface area contributed by atoms with E-state index in [9.17, 15) is 4.79 Å². The number of hydrogen-bond acceptors (Lipinski definition) is 3. The number of benzene rings is 2. The van der Waals surface area contributed by atoms with Crippen molar-refractivity contribution in [3.05, 3.63) is 71.3 Å². The van der Waals surface area contributed by atoms with E-state index in [0.717, 1.165) is 38.8 Å². The molecule has 3 rings (SSSR count). The molecule has 0 aliphatic heterocycles. The van der Waals surface area contributed by atoms with Gasteiger partial charge in [-0.2, -0.15) is 0 Å². The highest BCUT2D eigenvalue weighted by Crippen LogP contribution is 2.29. The van der Waals surface area contributed by atoms with Crippen LogP contribution < -0.4 is 11.1 Å². The third kappa shape index (κ3) is 6.35. The molecule has 1 aliphatic carbocycles. The second-order valence-electron chi connectivity index (χ2n) is 7.01. The van der Waals surface area contributed by atoms with Gasteiger partial charge in [0.1, 0.15) is 0 Å². The number of hydrogen-bond donors (Lipinski definition) is 2. The van der Waals surface area contributed by atoms with Gasteiger partial charge < -0.3 is 11.1 Å². The maximum absolute atomic E-state index is 12.6. The Kier molecular flexibility index (Phi) is 8.79. The summed E-state index contributed by atoms with van der Waals surface area (Å²) in [6.45, 7) is 2.55. The largest absolute Gasteiger partial charge is 0.348 e. The molecule has 0 aromatic heterocycles. The maximum atomic E-state index is 12.6. The molecule has 0 heterocycles. The molecule has 4 nitrogen and oxygen atoms in total. The Morgan fingerprint density at radius 2 is 1.81 bits per heavy atom. The minimum absolute atomic E-state index is 0. The van der Waals surface area contributed by atoms with Crippen LogP contribution in [-0.4, -0.2) is 37.0 Å². The van der Waals surface area contributed by atoms with Gasteiger partial charge in [0.05, 0.1) is 12.6 Å². The summed E-state index contributed by atoms with van der Waals surface area (Å²) in [5.41, 5.74) is 9.68. The van der Waals surface area contributed by atoms with E-state index in [2.05, 4.69) is 58.7 Å². The van der Waals surface area contributed by atoms with E-state index in [1.165, 1.54) is 16.7 Å². The monoisotopic (exact) mass is 387 g/mol. The minimum atomic E-state index is 0. The molecule has 1 aliphatic rings. The number of amides is 1. The molecule has 0 fully saturated rings. The van der Waals surface area contributed by atoms with Crippen molar-refractivity contribution in [3.63, 3.8) is 0 Å². The van der Waals surface area contributed by atoms with Gasteiger partial charge in [0.25, 0.3) is 0 Å². The van der Waals surface area contributed by atoms with E-state index in [1.54, 1.807) is 0 Å². The SMILES string of the molecule is Cl.NCCN(CCc1ccccc1)CC(=O)NC1CCCc2ccccc21. The smallest absolute Gasteiger partial charge is 0.234 e. The van der Waals surface area contributed by atoms with E-state index in [-0.39, 0.29) is 24.4 Å². The molecule has 2 aromatic carbocycles. The molecular formula is C22H30ClN3O. The van der Waals surface area contributed by atoms with Crippen molar-refractivity contribution in [1.82, 2.24) is 10.2 Å². The number of carbonyl (C=O) groups excluding carboxylic acids is 1. The summed E-state index contributed by atoms with van der Waals surface area (Å²) in [6.07, 6.45) is 4.19. The summed E-state index contributed by atoms with van der Waals surface area (Å²) in [7, 11) is 0. The van der Waals surface area contributed by atoms with Crippen LogP contribution in [-0.2, 0) is 17.6 Å². The first-order valence-electron chi connectivity index (χ1n) is 9.60. The Hall–Kier alpha value is -1.88. The third-order valence-corrected chi connectivity index (χ3v) is 5.08. The van der Waals surface area contributed by atoms with Crippen molar-refractivity contribution >= 4 is 18.3 Å². The van der Waals surface area contributed by atoms with Gasteiger partial charge in [-0.25, -0.2) is 0 Å². The molecule has 27 heavy (non-hydrogen) atoms. The normalized spacial score (nSPS) is 15.7. The van der Waals surface area contributed by atoms with Crippen molar-refractivity contribution in [2.75, 3.05) is 26.2 Å². The van der Waals surface area contributed by atoms with Crippen LogP contribution in [0, 0.1) is 0 Å². The third-order valence-electron chi connectivity index (χ3n) is 5.08. The Morgan fingerprint density at radius 3 is 2.59 bits per heavy atom. The molecule has 1 atom stereocenters. The van der Waals surface area contributed by atoms with Gasteiger partial charge in [-0.3, -0.25) is 9.69 Å². The second kappa shape index (κ2) is 11.1. The first kappa shape index (κ1) is 21.4. The van der Waals surface area contributed by atoms with Gasteiger partial charge in [0.15, 0.2) is 0 Å². The highest BCUT2D eigenvalue weighted by atomic mass is 35.5. The molecule has 1 unspecified atom stereocenters. The van der Waals surface area contributed by atoms with Gasteiger partial charge in [0, 0.05) is 19.6 Å². The Labute approximate surface area is 168 Å². The highest BCUT2D eigenvalue weighted by molar-refractivity contribution is 5.85. The van der Waals surface area contributed by atoms with Crippen LogP contribution in [0.25, 0.3) is 0 Å². The molecule has 146 valence electrons. The molecule has 3 N–H and O–H groups in total. The number of carbonyl (C=O) groups is 1. The molecule has 0 spiro atoms. The van der Waals surface area contributed by atoms with Crippen LogP contribution in [0.15, 0.2) is 54.6 Å². The highest BCUT2D eigenvalue weighted by Gasteiger charge is 2.22. The zero-order valence-electron chi connectivity index (χ0n) is 15.8. The topological polar surface area (TPSA) is 58.4 Å². The Morgan fingerprint density at radius 1 is 1.07 bits per heavy atom. The summed E-state index contributed by atoms with van der Waals surface area (Å²) in [5, 5.41) is 3.24. The number of halogens is 1. The maximum Gasteiger partial charge on any atom is 0.234 e. The molecule has 0 saturated carbocycles. The van der Waals surface area contributed by atoms with Crippen molar-refractivity contribution in [3.8, 4) is 0 Å². The van der Waals surface area contributed by atoms with E-state index in [4.69, 9.17) is 5.73 Å². The summed E-state index contributed by atoms with van der Waals surface area (Å²) in [5.74, 6) is 0.0909. The number of aryl methyl sites for hydroxylation is 1.